The van der Waals surface area contributed by atoms with E-state index in [0.717, 1.165) is 30.2 Å². The lowest BCUT2D eigenvalue weighted by Crippen LogP contribution is -2.23. The van der Waals surface area contributed by atoms with Gasteiger partial charge in [-0.15, -0.1) is 10.2 Å². The minimum atomic E-state index is 0.579. The zero-order chi connectivity index (χ0) is 16.9. The predicted molar refractivity (Wildman–Crippen MR) is 87.4 cm³/mol. The van der Waals surface area contributed by atoms with Crippen molar-refractivity contribution < 1.29 is 9.26 Å². The average molecular weight is 328 g/mol. The number of hydrogen-bond donors (Lipinski definition) is 0. The quantitative estimate of drug-likeness (QED) is 0.654. The summed E-state index contributed by atoms with van der Waals surface area (Å²) in [6, 6.07) is 7.57. The second-order valence-electron chi connectivity index (χ2n) is 5.55. The number of hydrogen-bond acceptors (Lipinski definition) is 7. The predicted octanol–water partition coefficient (Wildman–Crippen LogP) is 1.78. The van der Waals surface area contributed by atoms with E-state index >= 15 is 0 Å². The first-order valence-electron chi connectivity index (χ1n) is 7.65. The van der Waals surface area contributed by atoms with Crippen LogP contribution in [-0.4, -0.2) is 50.5 Å². The molecule has 0 N–H and O–H groups in total. The Bertz CT molecular complexity index is 780. The highest BCUT2D eigenvalue weighted by Gasteiger charge is 2.11. The van der Waals surface area contributed by atoms with E-state index in [-0.39, 0.29) is 0 Å². The topological polar surface area (TPSA) is 82.1 Å². The van der Waals surface area contributed by atoms with Gasteiger partial charge in [-0.2, -0.15) is 4.98 Å². The van der Waals surface area contributed by atoms with Gasteiger partial charge in [-0.3, -0.25) is 4.90 Å². The molecule has 0 radical (unpaired) electrons. The van der Waals surface area contributed by atoms with Crippen LogP contribution in [0.25, 0.3) is 11.4 Å². The number of aryl methyl sites for hydroxylation is 1. The lowest BCUT2D eigenvalue weighted by atomic mass is 10.2. The van der Waals surface area contributed by atoms with Crippen molar-refractivity contribution >= 4 is 0 Å². The monoisotopic (exact) mass is 328 g/mol. The van der Waals surface area contributed by atoms with E-state index in [1.54, 1.807) is 13.4 Å². The molecule has 0 saturated carbocycles. The summed E-state index contributed by atoms with van der Waals surface area (Å²) in [5, 5.41) is 11.9. The van der Waals surface area contributed by atoms with Gasteiger partial charge in [-0.25, -0.2) is 0 Å². The van der Waals surface area contributed by atoms with Gasteiger partial charge in [0.25, 0.3) is 0 Å². The van der Waals surface area contributed by atoms with Crippen molar-refractivity contribution in [3.63, 3.8) is 0 Å². The second kappa shape index (κ2) is 7.22. The third-order valence-corrected chi connectivity index (χ3v) is 3.75. The molecular formula is C16H20N6O2. The van der Waals surface area contributed by atoms with Gasteiger partial charge in [0.15, 0.2) is 0 Å². The molecule has 0 bridgehead atoms. The summed E-state index contributed by atoms with van der Waals surface area (Å²) in [6.07, 6.45) is 1.73. The maximum absolute atomic E-state index is 5.34. The van der Waals surface area contributed by atoms with Crippen LogP contribution in [0.4, 0.5) is 0 Å². The van der Waals surface area contributed by atoms with E-state index in [2.05, 4.69) is 25.2 Å². The van der Waals surface area contributed by atoms with Crippen LogP contribution in [0.1, 0.15) is 11.7 Å². The van der Waals surface area contributed by atoms with Gasteiger partial charge in [0.05, 0.1) is 13.7 Å². The molecule has 0 spiro atoms. The molecule has 2 heterocycles. The molecule has 0 aliphatic carbocycles. The first-order chi connectivity index (χ1) is 11.7. The van der Waals surface area contributed by atoms with Gasteiger partial charge in [0.1, 0.15) is 17.9 Å². The summed E-state index contributed by atoms with van der Waals surface area (Å²) in [4.78, 5) is 6.56. The van der Waals surface area contributed by atoms with Crippen molar-refractivity contribution in [1.29, 1.82) is 0 Å². The molecule has 0 unspecified atom stereocenters. The van der Waals surface area contributed by atoms with Gasteiger partial charge in [-0.05, 0) is 38.2 Å². The molecule has 1 aromatic carbocycles. The molecule has 0 aliphatic heterocycles. The van der Waals surface area contributed by atoms with E-state index in [4.69, 9.17) is 9.26 Å². The highest BCUT2D eigenvalue weighted by Crippen LogP contribution is 2.19. The van der Waals surface area contributed by atoms with Crippen LogP contribution in [0.15, 0.2) is 35.1 Å². The summed E-state index contributed by atoms with van der Waals surface area (Å²) < 4.78 is 12.5. The Morgan fingerprint density at radius 1 is 1.25 bits per heavy atom. The second-order valence-corrected chi connectivity index (χ2v) is 5.55. The van der Waals surface area contributed by atoms with Crippen LogP contribution >= 0.6 is 0 Å². The summed E-state index contributed by atoms with van der Waals surface area (Å²) in [7, 11) is 3.65. The third kappa shape index (κ3) is 3.77. The number of nitrogens with zero attached hydrogens (tertiary/aromatic N) is 6. The number of methoxy groups -OCH3 is 1. The van der Waals surface area contributed by atoms with E-state index in [9.17, 15) is 0 Å². The van der Waals surface area contributed by atoms with Crippen molar-refractivity contribution in [2.75, 3.05) is 20.7 Å². The fraction of sp³-hybridized carbons (Fsp3) is 0.375. The van der Waals surface area contributed by atoms with Gasteiger partial charge in [0, 0.05) is 18.7 Å². The Kier molecular flexibility index (Phi) is 4.85. The van der Waals surface area contributed by atoms with Crippen LogP contribution in [0.2, 0.25) is 0 Å². The number of aromatic nitrogens is 5. The highest BCUT2D eigenvalue weighted by molar-refractivity contribution is 5.55. The number of benzene rings is 1. The van der Waals surface area contributed by atoms with Crippen molar-refractivity contribution in [1.82, 2.24) is 29.8 Å². The fourth-order valence-electron chi connectivity index (χ4n) is 2.30. The minimum Gasteiger partial charge on any atom is -0.497 e. The van der Waals surface area contributed by atoms with Gasteiger partial charge in [-0.1, -0.05) is 5.16 Å². The lowest BCUT2D eigenvalue weighted by molar-refractivity contribution is 0.258. The molecule has 8 heteroatoms. The molecule has 2 aromatic heterocycles. The zero-order valence-corrected chi connectivity index (χ0v) is 14.0. The molecule has 0 saturated heterocycles. The highest BCUT2D eigenvalue weighted by atomic mass is 16.5. The normalized spacial score (nSPS) is 11.2. The van der Waals surface area contributed by atoms with Crippen molar-refractivity contribution in [3.05, 3.63) is 42.3 Å². The van der Waals surface area contributed by atoms with E-state index in [1.807, 2.05) is 42.8 Å². The van der Waals surface area contributed by atoms with Gasteiger partial charge in [0.2, 0.25) is 11.7 Å². The standard InChI is InChI=1S/C16H20N6O2/c1-12-19-17-11-22(12)9-8-21(2)10-15-18-16(20-24-15)13-4-6-14(23-3)7-5-13/h4-7,11H,8-10H2,1-3H3. The molecule has 126 valence electrons. The van der Waals surface area contributed by atoms with E-state index in [0.29, 0.717) is 18.3 Å². The summed E-state index contributed by atoms with van der Waals surface area (Å²) >= 11 is 0. The summed E-state index contributed by atoms with van der Waals surface area (Å²) in [5.74, 6) is 2.87. The maximum atomic E-state index is 5.34. The smallest absolute Gasteiger partial charge is 0.241 e. The molecule has 3 rings (SSSR count). The molecule has 3 aromatic rings. The molecule has 0 fully saturated rings. The van der Waals surface area contributed by atoms with Crippen LogP contribution in [0, 0.1) is 6.92 Å². The molecule has 24 heavy (non-hydrogen) atoms. The van der Waals surface area contributed by atoms with Crippen LogP contribution in [0.3, 0.4) is 0 Å². The zero-order valence-electron chi connectivity index (χ0n) is 14.0. The number of ether oxygens (including phenoxy) is 1. The summed E-state index contributed by atoms with van der Waals surface area (Å²) in [5.41, 5.74) is 0.897. The number of likely N-dealkylation sites (N-methyl/N-ethyl adjacent to an activating group) is 1. The molecule has 0 atom stereocenters. The van der Waals surface area contributed by atoms with Crippen LogP contribution < -0.4 is 4.74 Å². The molecule has 0 amide bonds. The van der Waals surface area contributed by atoms with Gasteiger partial charge < -0.3 is 13.8 Å². The first kappa shape index (κ1) is 16.1. The Morgan fingerprint density at radius 3 is 2.71 bits per heavy atom. The first-order valence-corrected chi connectivity index (χ1v) is 7.65. The SMILES string of the molecule is COc1ccc(-c2noc(CN(C)CCn3cnnc3C)n2)cc1. The van der Waals surface area contributed by atoms with Crippen molar-refractivity contribution in [2.45, 2.75) is 20.0 Å². The molecule has 0 aliphatic rings. The van der Waals surface area contributed by atoms with Crippen LogP contribution in [-0.2, 0) is 13.1 Å². The number of rotatable bonds is 7. The summed E-state index contributed by atoms with van der Waals surface area (Å²) in [6.45, 7) is 4.17. The van der Waals surface area contributed by atoms with Crippen LogP contribution in [0.5, 0.6) is 5.75 Å². The Morgan fingerprint density at radius 2 is 2.04 bits per heavy atom. The molecular weight excluding hydrogens is 308 g/mol. The van der Waals surface area contributed by atoms with Gasteiger partial charge >= 0.3 is 0 Å². The largest absolute Gasteiger partial charge is 0.497 e. The Hall–Kier alpha value is -2.74. The Balaban J connectivity index is 1.57. The average Bonchev–Trinajstić information content (AvgIpc) is 3.22. The molecule has 8 nitrogen and oxygen atoms in total. The lowest BCUT2D eigenvalue weighted by Gasteiger charge is -2.14. The van der Waals surface area contributed by atoms with Crippen molar-refractivity contribution in [2.24, 2.45) is 0 Å². The third-order valence-electron chi connectivity index (χ3n) is 3.75. The minimum absolute atomic E-state index is 0.579. The fourth-order valence-corrected chi connectivity index (χ4v) is 2.30. The van der Waals surface area contributed by atoms with E-state index < -0.39 is 0 Å². The van der Waals surface area contributed by atoms with E-state index in [1.165, 1.54) is 0 Å². The van der Waals surface area contributed by atoms with Crippen molar-refractivity contribution in [3.8, 4) is 17.1 Å². The Labute approximate surface area is 140 Å². The maximum Gasteiger partial charge on any atom is 0.241 e.